The second-order valence-electron chi connectivity index (χ2n) is 5.13. The van der Waals surface area contributed by atoms with E-state index in [9.17, 15) is 0 Å². The third kappa shape index (κ3) is 5.37. The molecule has 0 saturated carbocycles. The summed E-state index contributed by atoms with van der Waals surface area (Å²) in [6.07, 6.45) is 1.76. The minimum Gasteiger partial charge on any atom is -0.370 e. The number of hydrogen-bond donors (Lipinski definition) is 2. The molecule has 1 atom stereocenters. The molecule has 0 aliphatic carbocycles. The molecule has 2 aromatic rings. The number of benzene rings is 1. The fourth-order valence-corrected chi connectivity index (χ4v) is 3.47. The molecule has 1 aromatic heterocycles. The van der Waals surface area contributed by atoms with Gasteiger partial charge in [-0.15, -0.1) is 11.3 Å². The first kappa shape index (κ1) is 18.0. The molecular formula is C16H20Cl2N4S. The topological polar surface area (TPSA) is 63.3 Å². The average molecular weight is 371 g/mol. The Morgan fingerprint density at radius 2 is 2.22 bits per heavy atom. The van der Waals surface area contributed by atoms with Crippen LogP contribution in [-0.2, 0) is 12.8 Å². The largest absolute Gasteiger partial charge is 0.370 e. The van der Waals surface area contributed by atoms with Crippen molar-refractivity contribution < 1.29 is 0 Å². The van der Waals surface area contributed by atoms with Crippen molar-refractivity contribution in [1.82, 2.24) is 10.3 Å². The summed E-state index contributed by atoms with van der Waals surface area (Å²) in [5, 5.41) is 7.60. The highest BCUT2D eigenvalue weighted by molar-refractivity contribution is 7.09. The molecule has 2 rings (SSSR count). The van der Waals surface area contributed by atoms with Crippen LogP contribution in [0.25, 0.3) is 0 Å². The van der Waals surface area contributed by atoms with Gasteiger partial charge in [0.1, 0.15) is 0 Å². The number of halogens is 2. The van der Waals surface area contributed by atoms with E-state index < -0.39 is 0 Å². The summed E-state index contributed by atoms with van der Waals surface area (Å²) < 4.78 is 0. The van der Waals surface area contributed by atoms with E-state index in [1.807, 2.05) is 19.1 Å². The van der Waals surface area contributed by atoms with Gasteiger partial charge in [0.2, 0.25) is 0 Å². The standard InChI is InChI=1S/C16H20Cl2N4S/c1-3-15-22-12(9-23-15)6-7-20-16(19)21-10(2)13-5-4-11(17)8-14(13)18/h4-5,8-10H,3,6-7H2,1-2H3,(H3,19,20,21). The predicted molar refractivity (Wildman–Crippen MR) is 99.7 cm³/mol. The van der Waals surface area contributed by atoms with Crippen molar-refractivity contribution in [3.8, 4) is 0 Å². The summed E-state index contributed by atoms with van der Waals surface area (Å²) in [7, 11) is 0. The lowest BCUT2D eigenvalue weighted by Gasteiger charge is -2.16. The Labute approximate surface area is 150 Å². The number of nitrogens with one attached hydrogen (secondary N) is 1. The Balaban J connectivity index is 1.88. The molecule has 0 radical (unpaired) electrons. The molecule has 1 unspecified atom stereocenters. The Morgan fingerprint density at radius 1 is 1.43 bits per heavy atom. The van der Waals surface area contributed by atoms with E-state index in [1.165, 1.54) is 0 Å². The van der Waals surface area contributed by atoms with Crippen molar-refractivity contribution in [2.45, 2.75) is 32.7 Å². The number of rotatable bonds is 6. The zero-order chi connectivity index (χ0) is 16.8. The summed E-state index contributed by atoms with van der Waals surface area (Å²) in [5.41, 5.74) is 7.94. The number of aromatic nitrogens is 1. The first-order valence-electron chi connectivity index (χ1n) is 7.44. The minimum absolute atomic E-state index is 0.0468. The van der Waals surface area contributed by atoms with Gasteiger partial charge in [-0.1, -0.05) is 36.2 Å². The van der Waals surface area contributed by atoms with Crippen LogP contribution in [0, 0.1) is 0 Å². The third-order valence-electron chi connectivity index (χ3n) is 3.35. The number of thiazole rings is 1. The van der Waals surface area contributed by atoms with E-state index in [0.717, 1.165) is 29.1 Å². The SMILES string of the molecule is CCc1nc(CCN=C(N)NC(C)c2ccc(Cl)cc2Cl)cs1. The highest BCUT2D eigenvalue weighted by Gasteiger charge is 2.10. The number of aryl methyl sites for hydroxylation is 1. The molecule has 0 saturated heterocycles. The molecule has 1 aromatic carbocycles. The molecule has 0 spiro atoms. The zero-order valence-corrected chi connectivity index (χ0v) is 15.5. The van der Waals surface area contributed by atoms with Crippen molar-refractivity contribution in [1.29, 1.82) is 0 Å². The van der Waals surface area contributed by atoms with Crippen LogP contribution in [0.15, 0.2) is 28.6 Å². The highest BCUT2D eigenvalue weighted by atomic mass is 35.5. The third-order valence-corrected chi connectivity index (χ3v) is 4.95. The van der Waals surface area contributed by atoms with Gasteiger partial charge in [-0.05, 0) is 31.0 Å². The van der Waals surface area contributed by atoms with E-state index in [-0.39, 0.29) is 6.04 Å². The van der Waals surface area contributed by atoms with Crippen LogP contribution in [0.2, 0.25) is 10.0 Å². The number of hydrogen-bond acceptors (Lipinski definition) is 3. The fraction of sp³-hybridized carbons (Fsp3) is 0.375. The van der Waals surface area contributed by atoms with E-state index in [2.05, 4.69) is 27.6 Å². The number of nitrogens with two attached hydrogens (primary N) is 1. The lowest BCUT2D eigenvalue weighted by molar-refractivity contribution is 0.707. The smallest absolute Gasteiger partial charge is 0.189 e. The van der Waals surface area contributed by atoms with Gasteiger partial charge in [0.15, 0.2) is 5.96 Å². The van der Waals surface area contributed by atoms with Gasteiger partial charge in [0.05, 0.1) is 16.7 Å². The number of guanidine groups is 1. The Hall–Kier alpha value is -1.30. The fourth-order valence-electron chi connectivity index (χ4n) is 2.11. The van der Waals surface area contributed by atoms with Crippen molar-refractivity contribution in [3.63, 3.8) is 0 Å². The summed E-state index contributed by atoms with van der Waals surface area (Å²) in [6, 6.07) is 5.37. The molecule has 4 nitrogen and oxygen atoms in total. The molecule has 1 heterocycles. The number of nitrogens with zero attached hydrogens (tertiary/aromatic N) is 2. The Kier molecular flexibility index (Phi) is 6.69. The van der Waals surface area contributed by atoms with Crippen LogP contribution in [0.5, 0.6) is 0 Å². The summed E-state index contributed by atoms with van der Waals surface area (Å²) in [5.74, 6) is 0.398. The molecule has 23 heavy (non-hydrogen) atoms. The molecule has 0 aliphatic rings. The molecule has 0 bridgehead atoms. The highest BCUT2D eigenvalue weighted by Crippen LogP contribution is 2.25. The molecular weight excluding hydrogens is 351 g/mol. The van der Waals surface area contributed by atoms with Gasteiger partial charge < -0.3 is 11.1 Å². The van der Waals surface area contributed by atoms with Gasteiger partial charge in [-0.25, -0.2) is 4.98 Å². The van der Waals surface area contributed by atoms with E-state index in [1.54, 1.807) is 17.4 Å². The second kappa shape index (κ2) is 8.52. The summed E-state index contributed by atoms with van der Waals surface area (Å²) >= 11 is 13.8. The van der Waals surface area contributed by atoms with Crippen LogP contribution in [0.1, 0.15) is 36.2 Å². The van der Waals surface area contributed by atoms with Gasteiger partial charge in [0, 0.05) is 28.4 Å². The quantitative estimate of drug-likeness (QED) is 0.590. The summed E-state index contributed by atoms with van der Waals surface area (Å²) in [6.45, 7) is 4.68. The normalized spacial score (nSPS) is 13.1. The molecule has 3 N–H and O–H groups in total. The first-order valence-corrected chi connectivity index (χ1v) is 9.07. The van der Waals surface area contributed by atoms with E-state index >= 15 is 0 Å². The lowest BCUT2D eigenvalue weighted by atomic mass is 10.1. The molecule has 0 aliphatic heterocycles. The average Bonchev–Trinajstić information content (AvgIpc) is 2.95. The van der Waals surface area contributed by atoms with E-state index in [4.69, 9.17) is 28.9 Å². The van der Waals surface area contributed by atoms with Crippen molar-refractivity contribution >= 4 is 40.5 Å². The molecule has 0 amide bonds. The molecule has 0 fully saturated rings. The first-order chi connectivity index (χ1) is 11.0. The number of aliphatic imine (C=N–C) groups is 1. The van der Waals surface area contributed by atoms with Crippen LogP contribution < -0.4 is 11.1 Å². The van der Waals surface area contributed by atoms with Crippen molar-refractivity contribution in [2.75, 3.05) is 6.54 Å². The maximum Gasteiger partial charge on any atom is 0.189 e. The van der Waals surface area contributed by atoms with Crippen LogP contribution in [-0.4, -0.2) is 17.5 Å². The van der Waals surface area contributed by atoms with Crippen LogP contribution in [0.4, 0.5) is 0 Å². The van der Waals surface area contributed by atoms with Crippen molar-refractivity contribution in [2.24, 2.45) is 10.7 Å². The summed E-state index contributed by atoms with van der Waals surface area (Å²) in [4.78, 5) is 8.86. The molecule has 124 valence electrons. The van der Waals surface area contributed by atoms with Crippen LogP contribution in [0.3, 0.4) is 0 Å². The molecule has 7 heteroatoms. The van der Waals surface area contributed by atoms with Gasteiger partial charge in [-0.3, -0.25) is 4.99 Å². The maximum absolute atomic E-state index is 6.20. The predicted octanol–water partition coefficient (Wildman–Crippen LogP) is 4.22. The van der Waals surface area contributed by atoms with Crippen LogP contribution >= 0.6 is 34.5 Å². The van der Waals surface area contributed by atoms with Gasteiger partial charge in [-0.2, -0.15) is 0 Å². The lowest BCUT2D eigenvalue weighted by Crippen LogP contribution is -2.34. The van der Waals surface area contributed by atoms with E-state index in [0.29, 0.717) is 22.5 Å². The Bertz CT molecular complexity index is 684. The second-order valence-corrected chi connectivity index (χ2v) is 6.92. The zero-order valence-electron chi connectivity index (χ0n) is 13.1. The van der Waals surface area contributed by atoms with Gasteiger partial charge in [0.25, 0.3) is 0 Å². The Morgan fingerprint density at radius 3 is 2.87 bits per heavy atom. The minimum atomic E-state index is -0.0468. The monoisotopic (exact) mass is 370 g/mol. The van der Waals surface area contributed by atoms with Crippen molar-refractivity contribution in [3.05, 3.63) is 49.9 Å². The maximum atomic E-state index is 6.20. The van der Waals surface area contributed by atoms with Gasteiger partial charge >= 0.3 is 0 Å².